The van der Waals surface area contributed by atoms with E-state index < -0.39 is 6.04 Å². The van der Waals surface area contributed by atoms with E-state index >= 15 is 0 Å². The summed E-state index contributed by atoms with van der Waals surface area (Å²) in [7, 11) is 0. The fourth-order valence-corrected chi connectivity index (χ4v) is 2.97. The molecule has 2 heterocycles. The molecule has 24 heavy (non-hydrogen) atoms. The molecule has 0 spiro atoms. The molecule has 130 valence electrons. The molecule has 0 unspecified atom stereocenters. The van der Waals surface area contributed by atoms with Gasteiger partial charge in [-0.1, -0.05) is 18.7 Å². The van der Waals surface area contributed by atoms with Gasteiger partial charge in [0.05, 0.1) is 5.75 Å². The third kappa shape index (κ3) is 4.44. The molecule has 0 aromatic carbocycles. The first-order valence-corrected chi connectivity index (χ1v) is 8.80. The van der Waals surface area contributed by atoms with E-state index in [9.17, 15) is 9.59 Å². The zero-order valence-corrected chi connectivity index (χ0v) is 15.1. The lowest BCUT2D eigenvalue weighted by atomic mass is 10.3. The van der Waals surface area contributed by atoms with Gasteiger partial charge < -0.3 is 10.6 Å². The lowest BCUT2D eigenvalue weighted by molar-refractivity contribution is -0.127. The van der Waals surface area contributed by atoms with Gasteiger partial charge in [0.25, 0.3) is 5.78 Å². The standard InChI is InChI=1S/C15H22N6O2S/c1-5-6-16-13(23)11(4)18-12(22)8-24-15-20-19-14-17-9(2)7-10(3)21(14)15/h7,11H,5-6,8H2,1-4H3,(H,16,23)(H,18,22)/t11-/m0/s1. The summed E-state index contributed by atoms with van der Waals surface area (Å²) in [6.45, 7) is 8.08. The number of rotatable bonds is 7. The molecule has 0 fully saturated rings. The summed E-state index contributed by atoms with van der Waals surface area (Å²) in [5, 5.41) is 14.1. The maximum absolute atomic E-state index is 12.0. The average Bonchev–Trinajstić information content (AvgIpc) is 2.93. The van der Waals surface area contributed by atoms with Crippen LogP contribution in [0.4, 0.5) is 0 Å². The predicted octanol–water partition coefficient (Wildman–Crippen LogP) is 0.864. The number of aryl methyl sites for hydroxylation is 2. The molecule has 2 aromatic heterocycles. The summed E-state index contributed by atoms with van der Waals surface area (Å²) >= 11 is 1.26. The molecular weight excluding hydrogens is 328 g/mol. The van der Waals surface area contributed by atoms with E-state index in [0.29, 0.717) is 17.5 Å². The molecule has 0 aliphatic heterocycles. The molecule has 0 aliphatic rings. The number of nitrogens with zero attached hydrogens (tertiary/aromatic N) is 4. The Morgan fingerprint density at radius 1 is 1.33 bits per heavy atom. The number of thioether (sulfide) groups is 1. The van der Waals surface area contributed by atoms with Gasteiger partial charge in [-0.25, -0.2) is 4.98 Å². The Bertz CT molecular complexity index is 745. The number of carbonyl (C=O) groups is 2. The Morgan fingerprint density at radius 2 is 2.08 bits per heavy atom. The lowest BCUT2D eigenvalue weighted by Gasteiger charge is -2.13. The number of aromatic nitrogens is 4. The van der Waals surface area contributed by atoms with Crippen LogP contribution in [0.1, 0.15) is 31.7 Å². The van der Waals surface area contributed by atoms with Crippen molar-refractivity contribution in [1.82, 2.24) is 30.2 Å². The highest BCUT2D eigenvalue weighted by molar-refractivity contribution is 7.99. The first kappa shape index (κ1) is 18.2. The summed E-state index contributed by atoms with van der Waals surface area (Å²) < 4.78 is 1.81. The summed E-state index contributed by atoms with van der Waals surface area (Å²) in [6.07, 6.45) is 0.856. The van der Waals surface area contributed by atoms with Crippen LogP contribution in [0, 0.1) is 13.8 Å². The third-order valence-corrected chi connectivity index (χ3v) is 4.24. The average molecular weight is 350 g/mol. The smallest absolute Gasteiger partial charge is 0.256 e. The molecular formula is C15H22N6O2S. The van der Waals surface area contributed by atoms with Crippen molar-refractivity contribution < 1.29 is 9.59 Å². The van der Waals surface area contributed by atoms with Crippen molar-refractivity contribution in [3.63, 3.8) is 0 Å². The van der Waals surface area contributed by atoms with Gasteiger partial charge in [-0.15, -0.1) is 10.2 Å². The molecule has 0 radical (unpaired) electrons. The van der Waals surface area contributed by atoms with Gasteiger partial charge in [0.2, 0.25) is 11.8 Å². The second-order valence-electron chi connectivity index (χ2n) is 5.53. The van der Waals surface area contributed by atoms with Crippen molar-refractivity contribution in [2.75, 3.05) is 12.3 Å². The highest BCUT2D eigenvalue weighted by atomic mass is 32.2. The molecule has 2 amide bonds. The monoisotopic (exact) mass is 350 g/mol. The summed E-state index contributed by atoms with van der Waals surface area (Å²) in [6, 6.07) is 1.37. The van der Waals surface area contributed by atoms with Crippen molar-refractivity contribution >= 4 is 29.4 Å². The molecule has 0 saturated carbocycles. The van der Waals surface area contributed by atoms with E-state index in [1.165, 1.54) is 11.8 Å². The Kier molecular flexibility index (Phi) is 6.13. The second-order valence-corrected chi connectivity index (χ2v) is 6.47. The van der Waals surface area contributed by atoms with E-state index in [2.05, 4.69) is 25.8 Å². The van der Waals surface area contributed by atoms with E-state index in [4.69, 9.17) is 0 Å². The molecule has 1 atom stereocenters. The summed E-state index contributed by atoms with van der Waals surface area (Å²) in [5.41, 5.74) is 1.83. The van der Waals surface area contributed by atoms with E-state index in [-0.39, 0.29) is 17.6 Å². The minimum absolute atomic E-state index is 0.152. The van der Waals surface area contributed by atoms with Gasteiger partial charge in [-0.2, -0.15) is 0 Å². The molecule has 2 rings (SSSR count). The van der Waals surface area contributed by atoms with Crippen LogP contribution < -0.4 is 10.6 Å². The first-order valence-electron chi connectivity index (χ1n) is 7.81. The Hall–Kier alpha value is -2.16. The van der Waals surface area contributed by atoms with Gasteiger partial charge >= 0.3 is 0 Å². The highest BCUT2D eigenvalue weighted by Gasteiger charge is 2.16. The molecule has 0 aliphatic carbocycles. The first-order chi connectivity index (χ1) is 11.4. The van der Waals surface area contributed by atoms with Crippen molar-refractivity contribution in [3.05, 3.63) is 17.5 Å². The van der Waals surface area contributed by atoms with Crippen LogP contribution in [0.2, 0.25) is 0 Å². The minimum Gasteiger partial charge on any atom is -0.354 e. The number of nitrogens with one attached hydrogen (secondary N) is 2. The van der Waals surface area contributed by atoms with Crippen molar-refractivity contribution in [3.8, 4) is 0 Å². The van der Waals surface area contributed by atoms with Crippen molar-refractivity contribution in [1.29, 1.82) is 0 Å². The fraction of sp³-hybridized carbons (Fsp3) is 0.533. The van der Waals surface area contributed by atoms with Gasteiger partial charge in [-0.3, -0.25) is 14.0 Å². The normalized spacial score (nSPS) is 12.2. The number of hydrogen-bond acceptors (Lipinski definition) is 6. The van der Waals surface area contributed by atoms with Gasteiger partial charge in [0.1, 0.15) is 6.04 Å². The number of amides is 2. The molecule has 9 heteroatoms. The molecule has 2 aromatic rings. The van der Waals surface area contributed by atoms with Crippen LogP contribution in [0.5, 0.6) is 0 Å². The van der Waals surface area contributed by atoms with Crippen LogP contribution in [0.3, 0.4) is 0 Å². The Morgan fingerprint density at radius 3 is 2.79 bits per heavy atom. The van der Waals surface area contributed by atoms with Crippen molar-refractivity contribution in [2.45, 2.75) is 45.3 Å². The molecule has 0 bridgehead atoms. The van der Waals surface area contributed by atoms with E-state index in [1.54, 1.807) is 6.92 Å². The predicted molar refractivity (Wildman–Crippen MR) is 91.9 cm³/mol. The largest absolute Gasteiger partial charge is 0.354 e. The van der Waals surface area contributed by atoms with Crippen LogP contribution in [-0.4, -0.2) is 49.7 Å². The summed E-state index contributed by atoms with van der Waals surface area (Å²) in [4.78, 5) is 28.1. The zero-order valence-electron chi connectivity index (χ0n) is 14.3. The van der Waals surface area contributed by atoms with Crippen LogP contribution in [0.15, 0.2) is 11.2 Å². The van der Waals surface area contributed by atoms with E-state index in [1.807, 2.05) is 31.2 Å². The Balaban J connectivity index is 1.94. The van der Waals surface area contributed by atoms with Crippen LogP contribution >= 0.6 is 11.8 Å². The van der Waals surface area contributed by atoms with Crippen molar-refractivity contribution in [2.24, 2.45) is 0 Å². The van der Waals surface area contributed by atoms with E-state index in [0.717, 1.165) is 17.8 Å². The van der Waals surface area contributed by atoms with Crippen LogP contribution in [0.25, 0.3) is 5.78 Å². The zero-order chi connectivity index (χ0) is 17.7. The Labute approximate surface area is 144 Å². The number of hydrogen-bond donors (Lipinski definition) is 2. The maximum atomic E-state index is 12.0. The van der Waals surface area contributed by atoms with Gasteiger partial charge in [-0.05, 0) is 33.3 Å². The molecule has 0 saturated heterocycles. The maximum Gasteiger partial charge on any atom is 0.256 e. The second kappa shape index (κ2) is 8.09. The summed E-state index contributed by atoms with van der Waals surface area (Å²) in [5.74, 6) is 0.259. The topological polar surface area (TPSA) is 101 Å². The fourth-order valence-electron chi connectivity index (χ4n) is 2.17. The highest BCUT2D eigenvalue weighted by Crippen LogP contribution is 2.18. The van der Waals surface area contributed by atoms with Gasteiger partial charge in [0, 0.05) is 17.9 Å². The molecule has 2 N–H and O–H groups in total. The van der Waals surface area contributed by atoms with Gasteiger partial charge in [0.15, 0.2) is 5.16 Å². The third-order valence-electron chi connectivity index (χ3n) is 3.32. The SMILES string of the molecule is CCCNC(=O)[C@H](C)NC(=O)CSc1nnc2nc(C)cc(C)n12. The molecule has 8 nitrogen and oxygen atoms in total. The quantitative estimate of drug-likeness (QED) is 0.719. The number of fused-ring (bicyclic) bond motifs is 1. The lowest BCUT2D eigenvalue weighted by Crippen LogP contribution is -2.45. The number of carbonyl (C=O) groups excluding carboxylic acids is 2. The van der Waals surface area contributed by atoms with Crippen LogP contribution in [-0.2, 0) is 9.59 Å². The minimum atomic E-state index is -0.564.